The van der Waals surface area contributed by atoms with Gasteiger partial charge >= 0.3 is 0 Å². The van der Waals surface area contributed by atoms with Crippen LogP contribution in [0.4, 0.5) is 0 Å². The molecule has 0 amide bonds. The quantitative estimate of drug-likeness (QED) is 0.172. The Balaban J connectivity index is 1.56. The molecule has 14 atom stereocenters. The average molecular weight is 474 g/mol. The molecule has 0 bridgehead atoms. The number of ether oxygens (including phenoxy) is 5. The summed E-state index contributed by atoms with van der Waals surface area (Å²) in [6.45, 7) is -1.62. The number of hydrogen-bond acceptors (Lipinski definition) is 15. The van der Waals surface area contributed by atoms with Gasteiger partial charge in [-0.2, -0.15) is 0 Å². The first kappa shape index (κ1) is 26.0. The van der Waals surface area contributed by atoms with Crippen LogP contribution in [0, 0.1) is 0 Å². The summed E-state index contributed by atoms with van der Waals surface area (Å²) in [5.74, 6) is 0. The molecular weight excluding hydrogens is 444 g/mol. The Morgan fingerprint density at radius 2 is 1.28 bits per heavy atom. The van der Waals surface area contributed by atoms with E-state index < -0.39 is 99.2 Å². The standard InChI is InChI=1S/C17H30O15/c18-1-5-8(21)10(23)13(26)16(31-5)29-3-6-9(22)11(24)14(15(27)30-6)32-17-12(25)7(20)4(19)2-28-17/h4-27H,1-3H2/t4-,5-,6-,7+,8-,9-,10+,11+,12-,13-,14-,15-,16+,17+/m1/s1. The van der Waals surface area contributed by atoms with Crippen molar-refractivity contribution in [2.75, 3.05) is 19.8 Å². The van der Waals surface area contributed by atoms with E-state index in [2.05, 4.69) is 0 Å². The molecule has 3 rings (SSSR count). The fraction of sp³-hybridized carbons (Fsp3) is 1.00. The second-order valence-electron chi connectivity index (χ2n) is 7.93. The molecule has 3 aliphatic rings. The zero-order valence-electron chi connectivity index (χ0n) is 16.7. The maximum atomic E-state index is 10.4. The van der Waals surface area contributed by atoms with Crippen LogP contribution >= 0.6 is 0 Å². The first-order valence-corrected chi connectivity index (χ1v) is 9.99. The maximum absolute atomic E-state index is 10.4. The molecular formula is C17H30O15. The molecule has 0 spiro atoms. The predicted molar refractivity (Wildman–Crippen MR) is 95.2 cm³/mol. The number of hydrogen-bond donors (Lipinski definition) is 10. The second kappa shape index (κ2) is 10.8. The first-order chi connectivity index (χ1) is 15.1. The lowest BCUT2D eigenvalue weighted by molar-refractivity contribution is -0.357. The van der Waals surface area contributed by atoms with E-state index >= 15 is 0 Å². The summed E-state index contributed by atoms with van der Waals surface area (Å²) in [5, 5.41) is 98.7. The highest BCUT2D eigenvalue weighted by Crippen LogP contribution is 2.28. The van der Waals surface area contributed by atoms with E-state index in [-0.39, 0.29) is 6.61 Å². The van der Waals surface area contributed by atoms with Gasteiger partial charge in [-0.1, -0.05) is 0 Å². The van der Waals surface area contributed by atoms with E-state index in [0.29, 0.717) is 0 Å². The molecule has 0 saturated carbocycles. The third-order valence-corrected chi connectivity index (χ3v) is 5.68. The summed E-state index contributed by atoms with van der Waals surface area (Å²) in [5.41, 5.74) is 0. The minimum absolute atomic E-state index is 0.388. The molecule has 0 aromatic heterocycles. The molecule has 188 valence electrons. The van der Waals surface area contributed by atoms with Crippen LogP contribution in [0.2, 0.25) is 0 Å². The Labute approximate surface area is 181 Å². The van der Waals surface area contributed by atoms with Gasteiger partial charge in [0.05, 0.1) is 19.8 Å². The van der Waals surface area contributed by atoms with Crippen molar-refractivity contribution in [2.24, 2.45) is 0 Å². The third-order valence-electron chi connectivity index (χ3n) is 5.68. The van der Waals surface area contributed by atoms with E-state index in [4.69, 9.17) is 23.7 Å². The summed E-state index contributed by atoms with van der Waals surface area (Å²) in [6, 6.07) is 0. The summed E-state index contributed by atoms with van der Waals surface area (Å²) in [4.78, 5) is 0. The van der Waals surface area contributed by atoms with Crippen LogP contribution in [0.3, 0.4) is 0 Å². The van der Waals surface area contributed by atoms with Gasteiger partial charge in [-0.15, -0.1) is 0 Å². The molecule has 15 heteroatoms. The van der Waals surface area contributed by atoms with Crippen LogP contribution in [0.5, 0.6) is 0 Å². The van der Waals surface area contributed by atoms with E-state index in [1.54, 1.807) is 0 Å². The molecule has 3 fully saturated rings. The molecule has 3 saturated heterocycles. The molecule has 0 aromatic rings. The zero-order valence-corrected chi connectivity index (χ0v) is 16.7. The number of aliphatic hydroxyl groups is 10. The van der Waals surface area contributed by atoms with Gasteiger partial charge in [0.15, 0.2) is 18.9 Å². The highest BCUT2D eigenvalue weighted by Gasteiger charge is 2.49. The molecule has 32 heavy (non-hydrogen) atoms. The first-order valence-electron chi connectivity index (χ1n) is 9.99. The third kappa shape index (κ3) is 5.22. The van der Waals surface area contributed by atoms with Crippen LogP contribution in [0.25, 0.3) is 0 Å². The largest absolute Gasteiger partial charge is 0.394 e. The minimum Gasteiger partial charge on any atom is -0.394 e. The van der Waals surface area contributed by atoms with Crippen molar-refractivity contribution in [3.05, 3.63) is 0 Å². The highest BCUT2D eigenvalue weighted by molar-refractivity contribution is 4.93. The van der Waals surface area contributed by atoms with Crippen LogP contribution in [0.15, 0.2) is 0 Å². The Hall–Kier alpha value is -0.600. The highest BCUT2D eigenvalue weighted by atomic mass is 16.7. The van der Waals surface area contributed by atoms with Crippen molar-refractivity contribution < 1.29 is 74.7 Å². The molecule has 3 heterocycles. The van der Waals surface area contributed by atoms with Crippen molar-refractivity contribution in [1.82, 2.24) is 0 Å². The fourth-order valence-electron chi connectivity index (χ4n) is 3.65. The second-order valence-corrected chi connectivity index (χ2v) is 7.93. The SMILES string of the molecule is OC[C@H]1O[C@H](OC[C@H]2O[C@@H](O)[C@H](O[C@@H]3OC[C@@H](O)[C@H](O)[C@H]3O)[C@@H](O)[C@@H]2O)[C@H](O)[C@@H](O)[C@@H]1O. The van der Waals surface area contributed by atoms with Crippen molar-refractivity contribution in [1.29, 1.82) is 0 Å². The van der Waals surface area contributed by atoms with Gasteiger partial charge in [0.25, 0.3) is 0 Å². The lowest BCUT2D eigenvalue weighted by atomic mass is 9.98. The predicted octanol–water partition coefficient (Wildman–Crippen LogP) is -6.93. The Morgan fingerprint density at radius 1 is 0.656 bits per heavy atom. The lowest BCUT2D eigenvalue weighted by Gasteiger charge is -2.44. The normalized spacial score (nSPS) is 52.7. The van der Waals surface area contributed by atoms with Crippen LogP contribution in [-0.4, -0.2) is 157 Å². The van der Waals surface area contributed by atoms with Crippen molar-refractivity contribution in [3.63, 3.8) is 0 Å². The zero-order chi connectivity index (χ0) is 23.7. The molecule has 0 radical (unpaired) electrons. The smallest absolute Gasteiger partial charge is 0.186 e. The Bertz CT molecular complexity index is 594. The van der Waals surface area contributed by atoms with Crippen LogP contribution in [-0.2, 0) is 23.7 Å². The number of rotatable bonds is 6. The van der Waals surface area contributed by atoms with Gasteiger partial charge in [0, 0.05) is 0 Å². The summed E-state index contributed by atoms with van der Waals surface area (Å²) < 4.78 is 25.9. The maximum Gasteiger partial charge on any atom is 0.186 e. The van der Waals surface area contributed by atoms with Gasteiger partial charge < -0.3 is 74.7 Å². The molecule has 15 nitrogen and oxygen atoms in total. The monoisotopic (exact) mass is 474 g/mol. The van der Waals surface area contributed by atoms with Gasteiger partial charge in [0.1, 0.15) is 67.1 Å². The summed E-state index contributed by atoms with van der Waals surface area (Å²) in [7, 11) is 0. The lowest BCUT2D eigenvalue weighted by Crippen LogP contribution is -2.63. The Kier molecular flexibility index (Phi) is 8.75. The van der Waals surface area contributed by atoms with E-state index in [9.17, 15) is 51.1 Å². The minimum atomic E-state index is -1.85. The van der Waals surface area contributed by atoms with Crippen molar-refractivity contribution in [2.45, 2.75) is 86.0 Å². The van der Waals surface area contributed by atoms with Crippen molar-refractivity contribution in [3.8, 4) is 0 Å². The molecule has 10 N–H and O–H groups in total. The van der Waals surface area contributed by atoms with Crippen LogP contribution < -0.4 is 0 Å². The van der Waals surface area contributed by atoms with Gasteiger partial charge in [-0.05, 0) is 0 Å². The van der Waals surface area contributed by atoms with Gasteiger partial charge in [0.2, 0.25) is 0 Å². The van der Waals surface area contributed by atoms with Gasteiger partial charge in [-0.25, -0.2) is 0 Å². The molecule has 0 unspecified atom stereocenters. The van der Waals surface area contributed by atoms with E-state index in [1.807, 2.05) is 0 Å². The van der Waals surface area contributed by atoms with E-state index in [0.717, 1.165) is 0 Å². The number of aliphatic hydroxyl groups excluding tert-OH is 10. The van der Waals surface area contributed by atoms with Crippen LogP contribution in [0.1, 0.15) is 0 Å². The Morgan fingerprint density at radius 3 is 1.94 bits per heavy atom. The molecule has 0 aromatic carbocycles. The average Bonchev–Trinajstić information content (AvgIpc) is 2.77. The summed E-state index contributed by atoms with van der Waals surface area (Å²) >= 11 is 0. The fourth-order valence-corrected chi connectivity index (χ4v) is 3.65. The molecule has 3 aliphatic heterocycles. The summed E-state index contributed by atoms with van der Waals surface area (Å²) in [6.07, 6.45) is -22.2. The van der Waals surface area contributed by atoms with Gasteiger partial charge in [-0.3, -0.25) is 0 Å². The molecule has 0 aliphatic carbocycles. The topological polar surface area (TPSA) is 248 Å². The van der Waals surface area contributed by atoms with E-state index in [1.165, 1.54) is 0 Å². The van der Waals surface area contributed by atoms with Crippen molar-refractivity contribution >= 4 is 0 Å².